The molecule has 24 heavy (non-hydrogen) atoms. The first-order valence-electron chi connectivity index (χ1n) is 9.55. The molecule has 138 valence electrons. The molecule has 1 aliphatic carbocycles. The van der Waals surface area contributed by atoms with E-state index in [4.69, 9.17) is 0 Å². The van der Waals surface area contributed by atoms with Gasteiger partial charge in [0.2, 0.25) is 0 Å². The van der Waals surface area contributed by atoms with E-state index in [1.807, 2.05) is 0 Å². The molecule has 0 radical (unpaired) electrons. The molecule has 4 unspecified atom stereocenters. The molecule has 3 heteroatoms. The summed E-state index contributed by atoms with van der Waals surface area (Å²) in [5, 5.41) is 20.7. The van der Waals surface area contributed by atoms with Crippen LogP contribution in [0.4, 0.5) is 0 Å². The van der Waals surface area contributed by atoms with Crippen LogP contribution in [0.1, 0.15) is 79.1 Å². The van der Waals surface area contributed by atoms with Crippen LogP contribution < -0.4 is 0 Å². The van der Waals surface area contributed by atoms with Gasteiger partial charge in [-0.05, 0) is 52.9 Å². The zero-order valence-corrected chi connectivity index (χ0v) is 15.9. The molecular weight excluding hydrogens is 300 g/mol. The molecule has 2 N–H and O–H groups in total. The van der Waals surface area contributed by atoms with Crippen molar-refractivity contribution in [3.05, 3.63) is 23.3 Å². The third-order valence-electron chi connectivity index (χ3n) is 5.11. The first-order chi connectivity index (χ1) is 11.4. The van der Waals surface area contributed by atoms with Gasteiger partial charge in [0.25, 0.3) is 0 Å². The molecule has 1 rings (SSSR count). The molecule has 3 nitrogen and oxygen atoms in total. The third kappa shape index (κ3) is 6.90. The smallest absolute Gasteiger partial charge is 0.164 e. The Kier molecular flexibility index (Phi) is 9.53. The second-order valence-electron chi connectivity index (χ2n) is 7.61. The zero-order chi connectivity index (χ0) is 18.1. The standard InChI is InChI=1S/C21H36O3/c1-5-6-7-11-17-14-19(22)18(21(24)20(17)23)13-12-16(4)10-8-9-15(2)3/h9,12,17-19,21-22,24H,5-8,10-11,13-14H2,1-4H3/b16-12+. The summed E-state index contributed by atoms with van der Waals surface area (Å²) in [7, 11) is 0. The summed E-state index contributed by atoms with van der Waals surface area (Å²) in [6, 6.07) is 0. The number of Topliss-reactive ketones (excluding diaryl/α,β-unsaturated/α-hetero) is 1. The van der Waals surface area contributed by atoms with Crippen molar-refractivity contribution < 1.29 is 15.0 Å². The van der Waals surface area contributed by atoms with Gasteiger partial charge in [-0.25, -0.2) is 0 Å². The predicted molar refractivity (Wildman–Crippen MR) is 99.8 cm³/mol. The van der Waals surface area contributed by atoms with Crippen LogP contribution in [0.2, 0.25) is 0 Å². The van der Waals surface area contributed by atoms with Crippen molar-refractivity contribution in [3.63, 3.8) is 0 Å². The van der Waals surface area contributed by atoms with E-state index < -0.39 is 12.2 Å². The van der Waals surface area contributed by atoms with Crippen LogP contribution in [0.15, 0.2) is 23.3 Å². The maximum Gasteiger partial charge on any atom is 0.164 e. The van der Waals surface area contributed by atoms with Gasteiger partial charge >= 0.3 is 0 Å². The van der Waals surface area contributed by atoms with Gasteiger partial charge in [0.15, 0.2) is 5.78 Å². The summed E-state index contributed by atoms with van der Waals surface area (Å²) in [5.74, 6) is -0.573. The van der Waals surface area contributed by atoms with Gasteiger partial charge in [0.1, 0.15) is 6.10 Å². The molecule has 0 amide bonds. The van der Waals surface area contributed by atoms with Gasteiger partial charge in [-0.3, -0.25) is 4.79 Å². The Morgan fingerprint density at radius 3 is 2.50 bits per heavy atom. The monoisotopic (exact) mass is 336 g/mol. The minimum Gasteiger partial charge on any atom is -0.393 e. The van der Waals surface area contributed by atoms with E-state index >= 15 is 0 Å². The Hall–Kier alpha value is -0.930. The summed E-state index contributed by atoms with van der Waals surface area (Å²) in [4.78, 5) is 12.4. The van der Waals surface area contributed by atoms with Gasteiger partial charge in [-0.1, -0.05) is 49.5 Å². The average Bonchev–Trinajstić information content (AvgIpc) is 2.51. The van der Waals surface area contributed by atoms with Crippen LogP contribution in [-0.2, 0) is 4.79 Å². The number of carbonyl (C=O) groups excluding carboxylic acids is 1. The number of allylic oxidation sites excluding steroid dienone is 4. The highest BCUT2D eigenvalue weighted by atomic mass is 16.3. The van der Waals surface area contributed by atoms with Gasteiger partial charge in [0, 0.05) is 11.8 Å². The number of hydrogen-bond acceptors (Lipinski definition) is 3. The van der Waals surface area contributed by atoms with Gasteiger partial charge in [0.05, 0.1) is 6.10 Å². The zero-order valence-electron chi connectivity index (χ0n) is 15.9. The number of carbonyl (C=O) groups is 1. The highest BCUT2D eigenvalue weighted by molar-refractivity contribution is 5.86. The van der Waals surface area contributed by atoms with Crippen molar-refractivity contribution in [2.45, 2.75) is 91.3 Å². The number of ketones is 1. The molecule has 4 atom stereocenters. The van der Waals surface area contributed by atoms with E-state index in [1.165, 1.54) is 11.1 Å². The lowest BCUT2D eigenvalue weighted by molar-refractivity contribution is -0.145. The number of rotatable bonds is 9. The topological polar surface area (TPSA) is 57.5 Å². The molecule has 0 aromatic carbocycles. The van der Waals surface area contributed by atoms with Crippen LogP contribution in [0.3, 0.4) is 0 Å². The number of aliphatic hydroxyl groups excluding tert-OH is 2. The van der Waals surface area contributed by atoms with E-state index in [0.29, 0.717) is 12.8 Å². The Morgan fingerprint density at radius 1 is 1.17 bits per heavy atom. The number of aliphatic hydroxyl groups is 2. The van der Waals surface area contributed by atoms with Gasteiger partial charge in [-0.15, -0.1) is 0 Å². The quantitative estimate of drug-likeness (QED) is 0.479. The summed E-state index contributed by atoms with van der Waals surface area (Å²) in [6.45, 7) is 8.40. The maximum absolute atomic E-state index is 12.4. The molecule has 0 bridgehead atoms. The van der Waals surface area contributed by atoms with Crippen LogP contribution in [0.5, 0.6) is 0 Å². The molecule has 0 aromatic heterocycles. The molecule has 1 saturated carbocycles. The second kappa shape index (κ2) is 10.8. The molecule has 0 heterocycles. The number of hydrogen-bond donors (Lipinski definition) is 2. The first-order valence-corrected chi connectivity index (χ1v) is 9.55. The summed E-state index contributed by atoms with van der Waals surface area (Å²) < 4.78 is 0. The first kappa shape index (κ1) is 21.1. The lowest BCUT2D eigenvalue weighted by atomic mass is 9.73. The number of unbranched alkanes of at least 4 members (excludes halogenated alkanes) is 2. The Bertz CT molecular complexity index is 446. The van der Waals surface area contributed by atoms with E-state index in [2.05, 4.69) is 39.8 Å². The van der Waals surface area contributed by atoms with Crippen molar-refractivity contribution in [1.29, 1.82) is 0 Å². The lowest BCUT2D eigenvalue weighted by Gasteiger charge is -2.35. The maximum atomic E-state index is 12.4. The molecule has 1 fully saturated rings. The molecule has 0 aromatic rings. The van der Waals surface area contributed by atoms with Crippen molar-refractivity contribution in [2.24, 2.45) is 11.8 Å². The Morgan fingerprint density at radius 2 is 1.88 bits per heavy atom. The van der Waals surface area contributed by atoms with Gasteiger partial charge in [-0.2, -0.15) is 0 Å². The SMILES string of the molecule is CCCCCC1CC(O)C(C/C=C(\C)CCC=C(C)C)C(O)C1=O. The van der Waals surface area contributed by atoms with Crippen LogP contribution >= 0.6 is 0 Å². The average molecular weight is 337 g/mol. The van der Waals surface area contributed by atoms with E-state index in [9.17, 15) is 15.0 Å². The van der Waals surface area contributed by atoms with Crippen molar-refractivity contribution in [1.82, 2.24) is 0 Å². The summed E-state index contributed by atoms with van der Waals surface area (Å²) in [5.41, 5.74) is 2.57. The molecular formula is C21H36O3. The highest BCUT2D eigenvalue weighted by Gasteiger charge is 2.41. The van der Waals surface area contributed by atoms with Crippen LogP contribution in [0.25, 0.3) is 0 Å². The van der Waals surface area contributed by atoms with Crippen molar-refractivity contribution in [3.8, 4) is 0 Å². The Balaban J connectivity index is 2.54. The summed E-state index contributed by atoms with van der Waals surface area (Å²) >= 11 is 0. The summed E-state index contributed by atoms with van der Waals surface area (Å²) in [6.07, 6.45) is 9.81. The largest absolute Gasteiger partial charge is 0.393 e. The second-order valence-corrected chi connectivity index (χ2v) is 7.61. The molecule has 0 saturated heterocycles. The normalized spacial score (nSPS) is 28.1. The van der Waals surface area contributed by atoms with Crippen LogP contribution in [0, 0.1) is 11.8 Å². The Labute approximate surface area is 147 Å². The van der Waals surface area contributed by atoms with Crippen LogP contribution in [-0.4, -0.2) is 28.2 Å². The van der Waals surface area contributed by atoms with Crippen molar-refractivity contribution >= 4 is 5.78 Å². The van der Waals surface area contributed by atoms with Crippen molar-refractivity contribution in [2.75, 3.05) is 0 Å². The molecule has 0 spiro atoms. The van der Waals surface area contributed by atoms with E-state index in [-0.39, 0.29) is 17.6 Å². The fraction of sp³-hybridized carbons (Fsp3) is 0.762. The fourth-order valence-corrected chi connectivity index (χ4v) is 3.46. The fourth-order valence-electron chi connectivity index (χ4n) is 3.46. The van der Waals surface area contributed by atoms with Gasteiger partial charge < -0.3 is 10.2 Å². The third-order valence-corrected chi connectivity index (χ3v) is 5.11. The minimum absolute atomic E-state index is 0.0583. The minimum atomic E-state index is -1.01. The lowest BCUT2D eigenvalue weighted by Crippen LogP contribution is -2.47. The molecule has 1 aliphatic rings. The van der Waals surface area contributed by atoms with E-state index in [1.54, 1.807) is 0 Å². The predicted octanol–water partition coefficient (Wildman–Crippen LogP) is 4.58. The highest BCUT2D eigenvalue weighted by Crippen LogP contribution is 2.32. The molecule has 0 aliphatic heterocycles. The van der Waals surface area contributed by atoms with E-state index in [0.717, 1.165) is 38.5 Å².